The van der Waals surface area contributed by atoms with Crippen LogP contribution < -0.4 is 9.47 Å². The van der Waals surface area contributed by atoms with Crippen LogP contribution in [0.4, 0.5) is 4.39 Å². The molecule has 0 amide bonds. The minimum atomic E-state index is -0.109. The Labute approximate surface area is 666 Å². The van der Waals surface area contributed by atoms with E-state index in [1.165, 1.54) is 83.5 Å². The lowest BCUT2D eigenvalue weighted by molar-refractivity contribution is 0.409. The molecule has 0 atom stereocenters. The number of aryl methyl sites for hydroxylation is 10. The van der Waals surface area contributed by atoms with Crippen LogP contribution in [0, 0.1) is 75.1 Å². The fourth-order valence-corrected chi connectivity index (χ4v) is 11.1. The Balaban J connectivity index is 0.000000602. The van der Waals surface area contributed by atoms with Crippen molar-refractivity contribution in [3.05, 3.63) is 304 Å². The minimum Gasteiger partial charge on any atom is -0.497 e. The molecule has 0 saturated carbocycles. The molecular weight excluding hydrogens is 1350 g/mol. The molecule has 0 aliphatic heterocycles. The summed E-state index contributed by atoms with van der Waals surface area (Å²) in [4.78, 5) is 0. The summed E-state index contributed by atoms with van der Waals surface area (Å²) in [5.41, 5.74) is 26.1. The van der Waals surface area contributed by atoms with Gasteiger partial charge in [0.25, 0.3) is 0 Å². The zero-order valence-electron chi connectivity index (χ0n) is 74.8. The Morgan fingerprint density at radius 2 is 0.561 bits per heavy atom. The standard InChI is InChI=1S/2C12H18O.C12H18.2C11H15Cl.C11H15F.3C11H16/c1-9-6-10(12(2,3)4)8-11(7-9)13-5;1-9-6-7-10(12(2,3)4)8-11(9)13-5;1-9-6-10(2)8-11(7-9)12(3,4)5;3*1-8-5-6-9(7-10(8)12)11(2,3)4;1-9-5-7-10(8-6-9)11(2,3)4;1-9-6-5-7-10(8-9)11(2,3)4;1-9-7-5-6-8-10(9)11(2,3)4/h2*6-8H,1-5H3;6-8H,1-5H3;3*5-7H,1-4H3;3*5-8H,1-4H3. The van der Waals surface area contributed by atoms with Crippen molar-refractivity contribution in [2.45, 2.75) is 305 Å². The second-order valence-electron chi connectivity index (χ2n) is 38.5. The Kier molecular flexibility index (Phi) is 38.3. The first-order chi connectivity index (χ1) is 48.5. The van der Waals surface area contributed by atoms with Crippen LogP contribution in [0.25, 0.3) is 0 Å². The van der Waals surface area contributed by atoms with Gasteiger partial charge in [0.15, 0.2) is 0 Å². The third kappa shape index (κ3) is 37.4. The van der Waals surface area contributed by atoms with Gasteiger partial charge in [0.05, 0.1) is 14.2 Å². The van der Waals surface area contributed by atoms with Crippen LogP contribution in [0.15, 0.2) is 182 Å². The second-order valence-corrected chi connectivity index (χ2v) is 39.3. The van der Waals surface area contributed by atoms with Crippen molar-refractivity contribution in [1.29, 1.82) is 0 Å². The number of rotatable bonds is 2. The first kappa shape index (κ1) is 98.1. The summed E-state index contributed by atoms with van der Waals surface area (Å²) >= 11 is 12.0. The number of hydrogen-bond acceptors (Lipinski definition) is 2. The molecule has 9 aromatic carbocycles. The van der Waals surface area contributed by atoms with Crippen molar-refractivity contribution in [1.82, 2.24) is 0 Å². The van der Waals surface area contributed by atoms with Crippen LogP contribution in [0.3, 0.4) is 0 Å². The van der Waals surface area contributed by atoms with Gasteiger partial charge in [-0.1, -0.05) is 378 Å². The normalized spacial score (nSPS) is 11.6. The van der Waals surface area contributed by atoms with Gasteiger partial charge in [0, 0.05) is 10.0 Å². The van der Waals surface area contributed by atoms with Gasteiger partial charge in [-0.05, 0) is 238 Å². The van der Waals surface area contributed by atoms with E-state index in [9.17, 15) is 4.39 Å². The van der Waals surface area contributed by atoms with Gasteiger partial charge < -0.3 is 9.47 Å². The lowest BCUT2D eigenvalue weighted by Gasteiger charge is -2.21. The average molecular weight is 1500 g/mol. The molecule has 5 heteroatoms. The number of hydrogen-bond donors (Lipinski definition) is 0. The summed E-state index contributed by atoms with van der Waals surface area (Å²) < 4.78 is 23.6. The van der Waals surface area contributed by atoms with Crippen LogP contribution in [-0.2, 0) is 48.7 Å². The zero-order chi connectivity index (χ0) is 83.0. The maximum Gasteiger partial charge on any atom is 0.126 e. The molecule has 0 heterocycles. The van der Waals surface area contributed by atoms with Gasteiger partial charge in [-0.15, -0.1) is 0 Å². The quantitative estimate of drug-likeness (QED) is 0.172. The number of ether oxygens (including phenoxy) is 2. The summed E-state index contributed by atoms with van der Waals surface area (Å²) in [5, 5.41) is 1.73. The summed E-state index contributed by atoms with van der Waals surface area (Å²) in [5.74, 6) is 1.82. The highest BCUT2D eigenvalue weighted by Gasteiger charge is 2.21. The number of halogens is 3. The molecule has 0 aromatic heterocycles. The molecule has 0 radical (unpaired) electrons. The van der Waals surface area contributed by atoms with Crippen LogP contribution in [0.1, 0.15) is 293 Å². The fraction of sp³-hybridized carbons (Fsp3) is 0.471. The van der Waals surface area contributed by atoms with E-state index in [4.69, 9.17) is 32.7 Å². The van der Waals surface area contributed by atoms with Crippen LogP contribution in [0.2, 0.25) is 10.0 Å². The molecule has 0 N–H and O–H groups in total. The average Bonchev–Trinajstić information content (AvgIpc) is 0.846. The van der Waals surface area contributed by atoms with E-state index < -0.39 is 0 Å². The Morgan fingerprint density at radius 3 is 0.888 bits per heavy atom. The van der Waals surface area contributed by atoms with Gasteiger partial charge in [0.1, 0.15) is 17.3 Å². The van der Waals surface area contributed by atoms with Crippen LogP contribution in [0.5, 0.6) is 11.5 Å². The van der Waals surface area contributed by atoms with E-state index in [-0.39, 0.29) is 54.6 Å². The molecule has 0 spiro atoms. The molecule has 107 heavy (non-hydrogen) atoms. The first-order valence-electron chi connectivity index (χ1n) is 38.4. The lowest BCUT2D eigenvalue weighted by atomic mass is 9.84. The maximum absolute atomic E-state index is 13.1. The van der Waals surface area contributed by atoms with Crippen molar-refractivity contribution in [2.75, 3.05) is 14.2 Å². The summed E-state index contributed by atoms with van der Waals surface area (Å²) in [6, 6.07) is 63.5. The molecular formula is C102H147Cl2FO2. The Bertz CT molecular complexity index is 3970. The van der Waals surface area contributed by atoms with Crippen molar-refractivity contribution < 1.29 is 13.9 Å². The molecule has 0 aliphatic carbocycles. The van der Waals surface area contributed by atoms with Crippen molar-refractivity contribution >= 4 is 23.2 Å². The largest absolute Gasteiger partial charge is 0.497 e. The van der Waals surface area contributed by atoms with Crippen LogP contribution in [-0.4, -0.2) is 14.2 Å². The van der Waals surface area contributed by atoms with Gasteiger partial charge in [-0.2, -0.15) is 0 Å². The third-order valence-corrected chi connectivity index (χ3v) is 19.2. The molecule has 2 nitrogen and oxygen atoms in total. The van der Waals surface area contributed by atoms with Gasteiger partial charge >= 0.3 is 0 Å². The highest BCUT2D eigenvalue weighted by Crippen LogP contribution is 2.33. The Morgan fingerprint density at radius 1 is 0.234 bits per heavy atom. The highest BCUT2D eigenvalue weighted by atomic mass is 35.5. The summed E-state index contributed by atoms with van der Waals surface area (Å²) in [6.07, 6.45) is 0. The smallest absolute Gasteiger partial charge is 0.126 e. The first-order valence-corrected chi connectivity index (χ1v) is 39.2. The highest BCUT2D eigenvalue weighted by molar-refractivity contribution is 6.31. The molecule has 0 unspecified atom stereocenters. The monoisotopic (exact) mass is 1490 g/mol. The fourth-order valence-electron chi connectivity index (χ4n) is 10.8. The molecule has 9 aromatic rings. The molecule has 0 fully saturated rings. The third-order valence-electron chi connectivity index (χ3n) is 18.4. The lowest BCUT2D eigenvalue weighted by Crippen LogP contribution is -2.12. The summed E-state index contributed by atoms with van der Waals surface area (Å²) in [6.45, 7) is 80.2. The van der Waals surface area contributed by atoms with E-state index in [1.54, 1.807) is 27.2 Å². The molecule has 0 aliphatic rings. The minimum absolute atomic E-state index is 0.0362. The zero-order valence-corrected chi connectivity index (χ0v) is 76.3. The number of benzene rings is 9. The van der Waals surface area contributed by atoms with E-state index in [0.29, 0.717) is 5.56 Å². The molecule has 0 saturated heterocycles. The van der Waals surface area contributed by atoms with Gasteiger partial charge in [-0.25, -0.2) is 4.39 Å². The number of methoxy groups -OCH3 is 2. The SMILES string of the molecule is COc1cc(C(C)(C)C)ccc1C.COc1cc(C)cc(C(C)(C)C)c1.Cc1cc(C)cc(C(C)(C)C)c1.Cc1ccc(C(C)(C)C)cc1.Cc1ccc(C(C)(C)C)cc1Cl.Cc1ccc(C(C)(C)C)cc1Cl.Cc1ccc(C(C)(C)C)cc1F.Cc1cccc(C(C)(C)C)c1.Cc1ccccc1C(C)(C)C. The maximum atomic E-state index is 13.1. The summed E-state index contributed by atoms with van der Waals surface area (Å²) in [7, 11) is 3.43. The Hall–Kier alpha value is -6.91. The van der Waals surface area contributed by atoms with Gasteiger partial charge in [-0.3, -0.25) is 0 Å². The van der Waals surface area contributed by atoms with Crippen molar-refractivity contribution in [2.24, 2.45) is 0 Å². The van der Waals surface area contributed by atoms with Gasteiger partial charge in [0.2, 0.25) is 0 Å². The molecule has 0 bridgehead atoms. The topological polar surface area (TPSA) is 18.5 Å². The second kappa shape index (κ2) is 41.8. The van der Waals surface area contributed by atoms with E-state index in [2.05, 4.69) is 399 Å². The predicted molar refractivity (Wildman–Crippen MR) is 477 cm³/mol. The van der Waals surface area contributed by atoms with E-state index in [1.807, 2.05) is 26.0 Å². The molecule has 588 valence electrons. The predicted octanol–water partition coefficient (Wildman–Crippen LogP) is 31.4. The van der Waals surface area contributed by atoms with E-state index >= 15 is 0 Å². The van der Waals surface area contributed by atoms with Crippen molar-refractivity contribution in [3.8, 4) is 11.5 Å². The van der Waals surface area contributed by atoms with E-state index in [0.717, 1.165) is 38.2 Å². The van der Waals surface area contributed by atoms with Crippen molar-refractivity contribution in [3.63, 3.8) is 0 Å². The van der Waals surface area contributed by atoms with Crippen LogP contribution >= 0.6 is 23.2 Å². The molecule has 9 rings (SSSR count).